The lowest BCUT2D eigenvalue weighted by molar-refractivity contribution is 0.171. The van der Waals surface area contributed by atoms with Crippen molar-refractivity contribution in [1.82, 2.24) is 21.4 Å². The molecule has 1 aliphatic heterocycles. The summed E-state index contributed by atoms with van der Waals surface area (Å²) in [5.74, 6) is 0.830. The molecule has 3 N–H and O–H groups in total. The van der Waals surface area contributed by atoms with E-state index in [1.54, 1.807) is 5.01 Å². The topological polar surface area (TPSA) is 78.0 Å². The molecule has 1 rings (SSSR count). The van der Waals surface area contributed by atoms with Crippen LogP contribution in [0.2, 0.25) is 0 Å². The third-order valence-electron chi connectivity index (χ3n) is 1.59. The smallest absolute Gasteiger partial charge is 0.406 e. The highest BCUT2D eigenvalue weighted by Gasteiger charge is 2.11. The van der Waals surface area contributed by atoms with Crippen LogP contribution in [0.1, 0.15) is 6.42 Å². The fraction of sp³-hybridized carbons (Fsp3) is 0.667. The van der Waals surface area contributed by atoms with Gasteiger partial charge in [0.05, 0.1) is 7.11 Å². The second-order valence-corrected chi connectivity index (χ2v) is 2.48. The number of alkyl carbamates (subject to hydrolysis) is 1. The van der Waals surface area contributed by atoms with Crippen LogP contribution in [0.3, 0.4) is 0 Å². The van der Waals surface area contributed by atoms with Crippen molar-refractivity contribution >= 4 is 11.9 Å². The van der Waals surface area contributed by atoms with Crippen molar-refractivity contribution in [2.75, 3.05) is 20.7 Å². The van der Waals surface area contributed by atoms with E-state index in [2.05, 4.69) is 26.2 Å². The molecule has 0 saturated carbocycles. The maximum Gasteiger partial charge on any atom is 0.406 e. The molecule has 0 unspecified atom stereocenters. The molecule has 0 aromatic heterocycles. The molecule has 1 aliphatic rings. The summed E-state index contributed by atoms with van der Waals surface area (Å²) in [4.78, 5) is 10.6. The standard InChI is InChI=1S/C6H13N5O2/c1-11-5(8-9-10-11)3-4-7-6(12)13-2/h9-10H,3-4H2,1-2H3,(H,7,12). The number of hydrogen-bond acceptors (Lipinski definition) is 6. The molecule has 0 spiro atoms. The molecule has 7 nitrogen and oxygen atoms in total. The third-order valence-corrected chi connectivity index (χ3v) is 1.59. The number of carbonyl (C=O) groups is 1. The van der Waals surface area contributed by atoms with Crippen molar-refractivity contribution in [3.63, 3.8) is 0 Å². The first-order valence-electron chi connectivity index (χ1n) is 3.87. The highest BCUT2D eigenvalue weighted by atomic mass is 16.5. The molecule has 0 bridgehead atoms. The number of hydrogen-bond donors (Lipinski definition) is 3. The molecule has 1 amide bonds. The lowest BCUT2D eigenvalue weighted by Gasteiger charge is -2.11. The first kappa shape index (κ1) is 9.59. The quantitative estimate of drug-likeness (QED) is 0.528. The van der Waals surface area contributed by atoms with Gasteiger partial charge in [-0.3, -0.25) is 5.01 Å². The Balaban J connectivity index is 2.16. The Hall–Kier alpha value is -1.50. The van der Waals surface area contributed by atoms with Crippen molar-refractivity contribution in [2.24, 2.45) is 5.10 Å². The molecular weight excluding hydrogens is 174 g/mol. The van der Waals surface area contributed by atoms with Gasteiger partial charge in [-0.15, -0.1) is 10.6 Å². The summed E-state index contributed by atoms with van der Waals surface area (Å²) < 4.78 is 4.41. The molecule has 0 atom stereocenters. The summed E-state index contributed by atoms with van der Waals surface area (Å²) in [6, 6.07) is 0. The first-order valence-corrected chi connectivity index (χ1v) is 3.87. The van der Waals surface area contributed by atoms with Crippen molar-refractivity contribution in [1.29, 1.82) is 0 Å². The Morgan fingerprint density at radius 1 is 1.77 bits per heavy atom. The third kappa shape index (κ3) is 2.79. The molecule has 0 fully saturated rings. The summed E-state index contributed by atoms with van der Waals surface area (Å²) in [5.41, 5.74) is 5.35. The van der Waals surface area contributed by atoms with Crippen LogP contribution < -0.4 is 16.4 Å². The van der Waals surface area contributed by atoms with Crippen LogP contribution in [0.25, 0.3) is 0 Å². The monoisotopic (exact) mass is 187 g/mol. The minimum Gasteiger partial charge on any atom is -0.453 e. The lowest BCUT2D eigenvalue weighted by atomic mass is 10.4. The van der Waals surface area contributed by atoms with Crippen molar-refractivity contribution in [3.8, 4) is 0 Å². The lowest BCUT2D eigenvalue weighted by Crippen LogP contribution is -2.38. The number of rotatable bonds is 3. The van der Waals surface area contributed by atoms with Gasteiger partial charge in [-0.2, -0.15) is 0 Å². The molecule has 13 heavy (non-hydrogen) atoms. The van der Waals surface area contributed by atoms with Crippen molar-refractivity contribution < 1.29 is 9.53 Å². The molecular formula is C6H13N5O2. The number of amides is 1. The normalized spacial score (nSPS) is 14.9. The summed E-state index contributed by atoms with van der Waals surface area (Å²) in [7, 11) is 3.16. The second kappa shape index (κ2) is 4.51. The highest BCUT2D eigenvalue weighted by molar-refractivity contribution is 5.82. The number of nitrogens with one attached hydrogen (secondary N) is 3. The Bertz CT molecular complexity index is 217. The number of carbonyl (C=O) groups excluding carboxylic acids is 1. The Labute approximate surface area is 76.0 Å². The van der Waals surface area contributed by atoms with Crippen LogP contribution in [0.4, 0.5) is 4.79 Å². The molecule has 1 heterocycles. The van der Waals surface area contributed by atoms with E-state index in [0.717, 1.165) is 5.84 Å². The van der Waals surface area contributed by atoms with Gasteiger partial charge >= 0.3 is 6.09 Å². The van der Waals surface area contributed by atoms with Crippen LogP contribution >= 0.6 is 0 Å². The second-order valence-electron chi connectivity index (χ2n) is 2.48. The van der Waals surface area contributed by atoms with Crippen LogP contribution in [0, 0.1) is 0 Å². The molecule has 0 radical (unpaired) electrons. The van der Waals surface area contributed by atoms with Crippen LogP contribution in [-0.4, -0.2) is 37.6 Å². The predicted octanol–water partition coefficient (Wildman–Crippen LogP) is -0.999. The van der Waals surface area contributed by atoms with E-state index in [0.29, 0.717) is 13.0 Å². The van der Waals surface area contributed by atoms with E-state index in [9.17, 15) is 4.79 Å². The van der Waals surface area contributed by atoms with E-state index in [1.807, 2.05) is 7.05 Å². The van der Waals surface area contributed by atoms with E-state index < -0.39 is 6.09 Å². The number of nitrogens with zero attached hydrogens (tertiary/aromatic N) is 2. The Kier molecular flexibility index (Phi) is 3.32. The summed E-state index contributed by atoms with van der Waals surface area (Å²) in [6.07, 6.45) is 0.216. The van der Waals surface area contributed by atoms with E-state index in [1.165, 1.54) is 7.11 Å². The Morgan fingerprint density at radius 3 is 3.08 bits per heavy atom. The summed E-state index contributed by atoms with van der Waals surface area (Å²) in [6.45, 7) is 0.499. The zero-order valence-corrected chi connectivity index (χ0v) is 7.63. The van der Waals surface area contributed by atoms with Gasteiger partial charge < -0.3 is 10.1 Å². The number of hydrazone groups is 1. The molecule has 0 aromatic rings. The SMILES string of the molecule is COC(=O)NCCC1=NNNN1C. The molecule has 0 aliphatic carbocycles. The van der Waals surface area contributed by atoms with E-state index >= 15 is 0 Å². The summed E-state index contributed by atoms with van der Waals surface area (Å²) in [5, 5.41) is 8.22. The fourth-order valence-electron chi connectivity index (χ4n) is 0.876. The highest BCUT2D eigenvalue weighted by Crippen LogP contribution is 1.92. The van der Waals surface area contributed by atoms with Gasteiger partial charge in [-0.25, -0.2) is 10.3 Å². The van der Waals surface area contributed by atoms with Gasteiger partial charge in [0.25, 0.3) is 0 Å². The van der Waals surface area contributed by atoms with Crippen molar-refractivity contribution in [3.05, 3.63) is 0 Å². The average Bonchev–Trinajstić information content (AvgIpc) is 2.52. The zero-order valence-electron chi connectivity index (χ0n) is 7.63. The van der Waals surface area contributed by atoms with E-state index in [4.69, 9.17) is 0 Å². The molecule has 7 heteroatoms. The zero-order chi connectivity index (χ0) is 9.68. The largest absolute Gasteiger partial charge is 0.453 e. The minimum absolute atomic E-state index is 0.429. The van der Waals surface area contributed by atoms with Gasteiger partial charge in [0.1, 0.15) is 5.84 Å². The van der Waals surface area contributed by atoms with Gasteiger partial charge in [-0.1, -0.05) is 0 Å². The fourth-order valence-corrected chi connectivity index (χ4v) is 0.876. The number of amidine groups is 1. The molecule has 0 saturated heterocycles. The van der Waals surface area contributed by atoms with E-state index in [-0.39, 0.29) is 0 Å². The number of hydrazine groups is 2. The first-order chi connectivity index (χ1) is 6.24. The maximum absolute atomic E-state index is 10.6. The maximum atomic E-state index is 10.6. The number of ether oxygens (including phenoxy) is 1. The molecule has 74 valence electrons. The van der Waals surface area contributed by atoms with Crippen LogP contribution in [0.15, 0.2) is 5.10 Å². The predicted molar refractivity (Wildman–Crippen MR) is 46.5 cm³/mol. The van der Waals surface area contributed by atoms with Gasteiger partial charge in [0.15, 0.2) is 0 Å². The van der Waals surface area contributed by atoms with Gasteiger partial charge in [0.2, 0.25) is 0 Å². The summed E-state index contributed by atoms with van der Waals surface area (Å²) >= 11 is 0. The average molecular weight is 187 g/mol. The minimum atomic E-state index is -0.429. The number of methoxy groups -OCH3 is 1. The Morgan fingerprint density at radius 2 is 2.54 bits per heavy atom. The molecule has 0 aromatic carbocycles. The van der Waals surface area contributed by atoms with Crippen LogP contribution in [-0.2, 0) is 4.74 Å². The van der Waals surface area contributed by atoms with Gasteiger partial charge in [-0.05, 0) is 0 Å². The van der Waals surface area contributed by atoms with Crippen LogP contribution in [0.5, 0.6) is 0 Å². The van der Waals surface area contributed by atoms with Crippen molar-refractivity contribution in [2.45, 2.75) is 6.42 Å². The van der Waals surface area contributed by atoms with Gasteiger partial charge in [0, 0.05) is 20.0 Å².